The summed E-state index contributed by atoms with van der Waals surface area (Å²) in [7, 11) is 0. The molecule has 1 aliphatic heterocycles. The zero-order valence-electron chi connectivity index (χ0n) is 11.4. The Kier molecular flexibility index (Phi) is 5.68. The molecule has 0 aliphatic carbocycles. The van der Waals surface area contributed by atoms with Crippen molar-refractivity contribution in [1.29, 1.82) is 0 Å². The first-order valence-corrected chi connectivity index (χ1v) is 6.62. The summed E-state index contributed by atoms with van der Waals surface area (Å²) in [5, 5.41) is 0. The van der Waals surface area contributed by atoms with Crippen LogP contribution in [0, 0.1) is 0 Å². The van der Waals surface area contributed by atoms with Crippen LogP contribution in [0.2, 0.25) is 0 Å². The van der Waals surface area contributed by atoms with Gasteiger partial charge >= 0.3 is 0 Å². The number of pyridine rings is 1. The van der Waals surface area contributed by atoms with Crippen molar-refractivity contribution in [3.05, 3.63) is 90.3 Å². The number of hydrogen-bond acceptors (Lipinski definition) is 2. The van der Waals surface area contributed by atoms with Gasteiger partial charge in [0.2, 0.25) is 0 Å². The molecule has 2 aromatic carbocycles. The Morgan fingerprint density at radius 3 is 1.62 bits per heavy atom. The van der Waals surface area contributed by atoms with Gasteiger partial charge in [-0.25, -0.2) is 0 Å². The summed E-state index contributed by atoms with van der Waals surface area (Å²) in [5.41, 5.74) is 2.54. The Labute approximate surface area is 138 Å². The minimum Gasteiger partial charge on any atom is -0.457 e. The van der Waals surface area contributed by atoms with Crippen molar-refractivity contribution in [1.82, 2.24) is 4.98 Å². The van der Waals surface area contributed by atoms with Gasteiger partial charge < -0.3 is 4.74 Å². The van der Waals surface area contributed by atoms with Crippen molar-refractivity contribution in [2.24, 2.45) is 0 Å². The fraction of sp³-hybridized carbons (Fsp3) is 0.0556. The van der Waals surface area contributed by atoms with Gasteiger partial charge in [0.05, 0.1) is 0 Å². The van der Waals surface area contributed by atoms with E-state index in [4.69, 9.17) is 4.74 Å². The standard InChI is InChI=1S/C13H10O.C5H5N.Ir/c1-3-7-12-10(5-1)9-11-6-2-4-8-13(11)14-12;1-2-4-6-5-3-1;/h1-8H,9H2;1-5H;. The van der Waals surface area contributed by atoms with Crippen molar-refractivity contribution in [2.45, 2.75) is 6.42 Å². The number of ether oxygens (including phenoxy) is 1. The molecule has 4 rings (SSSR count). The third kappa shape index (κ3) is 4.01. The van der Waals surface area contributed by atoms with Crippen molar-refractivity contribution in [3.63, 3.8) is 0 Å². The molecule has 0 amide bonds. The van der Waals surface area contributed by atoms with Gasteiger partial charge in [0.1, 0.15) is 11.5 Å². The zero-order chi connectivity index (χ0) is 13.6. The van der Waals surface area contributed by atoms with Crippen LogP contribution in [0.1, 0.15) is 11.1 Å². The summed E-state index contributed by atoms with van der Waals surface area (Å²) in [5.74, 6) is 1.98. The van der Waals surface area contributed by atoms with E-state index in [0.717, 1.165) is 17.9 Å². The van der Waals surface area contributed by atoms with Crippen LogP contribution in [0.15, 0.2) is 79.1 Å². The Balaban J connectivity index is 0.000000197. The molecule has 2 heterocycles. The first-order chi connectivity index (χ1) is 9.93. The molecule has 0 atom stereocenters. The average molecular weight is 454 g/mol. The van der Waals surface area contributed by atoms with E-state index in [1.165, 1.54) is 11.1 Å². The smallest absolute Gasteiger partial charge is 0.130 e. The van der Waals surface area contributed by atoms with Gasteiger partial charge in [-0.05, 0) is 35.4 Å². The SMILES string of the molecule is [Ir].c1ccc2c(c1)Cc1ccccc1O2.c1ccncc1. The molecule has 1 aromatic heterocycles. The normalized spacial score (nSPS) is 10.7. The number of hydrogen-bond donors (Lipinski definition) is 0. The van der Waals surface area contributed by atoms with Crippen LogP contribution >= 0.6 is 0 Å². The fourth-order valence-electron chi connectivity index (χ4n) is 2.14. The predicted octanol–water partition coefficient (Wildman–Crippen LogP) is 4.46. The molecule has 1 aliphatic rings. The molecule has 0 bridgehead atoms. The van der Waals surface area contributed by atoms with Crippen molar-refractivity contribution in [3.8, 4) is 11.5 Å². The summed E-state index contributed by atoms with van der Waals surface area (Å²) < 4.78 is 5.78. The van der Waals surface area contributed by atoms with E-state index in [1.807, 2.05) is 42.5 Å². The molecule has 0 saturated heterocycles. The predicted molar refractivity (Wildman–Crippen MR) is 80.0 cm³/mol. The summed E-state index contributed by atoms with van der Waals surface area (Å²) >= 11 is 0. The van der Waals surface area contributed by atoms with Crippen molar-refractivity contribution >= 4 is 0 Å². The van der Waals surface area contributed by atoms with Crippen LogP contribution in [0.25, 0.3) is 0 Å². The van der Waals surface area contributed by atoms with Crippen LogP contribution in [0.3, 0.4) is 0 Å². The molecular formula is C18H15IrNO. The maximum atomic E-state index is 5.78. The number of fused-ring (bicyclic) bond motifs is 2. The van der Waals surface area contributed by atoms with E-state index >= 15 is 0 Å². The van der Waals surface area contributed by atoms with Crippen molar-refractivity contribution in [2.75, 3.05) is 0 Å². The van der Waals surface area contributed by atoms with E-state index in [2.05, 4.69) is 29.2 Å². The molecule has 0 spiro atoms. The number of para-hydroxylation sites is 2. The summed E-state index contributed by atoms with van der Waals surface area (Å²) in [6.07, 6.45) is 4.48. The van der Waals surface area contributed by atoms with E-state index in [-0.39, 0.29) is 20.1 Å². The number of benzene rings is 2. The molecule has 107 valence electrons. The Bertz CT molecular complexity index is 571. The molecule has 3 heteroatoms. The van der Waals surface area contributed by atoms with E-state index in [0.29, 0.717) is 0 Å². The maximum Gasteiger partial charge on any atom is 0.130 e. The second kappa shape index (κ2) is 7.72. The molecule has 1 radical (unpaired) electrons. The molecule has 0 N–H and O–H groups in total. The van der Waals surface area contributed by atoms with E-state index in [1.54, 1.807) is 12.4 Å². The quantitative estimate of drug-likeness (QED) is 0.392. The van der Waals surface area contributed by atoms with Gasteiger partial charge in [-0.3, -0.25) is 4.98 Å². The topological polar surface area (TPSA) is 22.1 Å². The van der Waals surface area contributed by atoms with Crippen LogP contribution in [0.5, 0.6) is 11.5 Å². The van der Waals surface area contributed by atoms with Crippen LogP contribution < -0.4 is 4.74 Å². The van der Waals surface area contributed by atoms with Gasteiger partial charge in [0.15, 0.2) is 0 Å². The van der Waals surface area contributed by atoms with Crippen LogP contribution in [0.4, 0.5) is 0 Å². The zero-order valence-corrected chi connectivity index (χ0v) is 13.8. The molecule has 0 fully saturated rings. The number of aromatic nitrogens is 1. The third-order valence-corrected chi connectivity index (χ3v) is 3.11. The number of rotatable bonds is 0. The van der Waals surface area contributed by atoms with Gasteiger partial charge in [-0.15, -0.1) is 0 Å². The first-order valence-electron chi connectivity index (χ1n) is 6.62. The molecule has 3 aromatic rings. The Morgan fingerprint density at radius 1 is 0.667 bits per heavy atom. The minimum absolute atomic E-state index is 0. The van der Waals surface area contributed by atoms with Crippen LogP contribution in [-0.4, -0.2) is 4.98 Å². The average Bonchev–Trinajstić information content (AvgIpc) is 2.55. The third-order valence-electron chi connectivity index (χ3n) is 3.11. The van der Waals surface area contributed by atoms with Gasteiger partial charge in [0.25, 0.3) is 0 Å². The Hall–Kier alpha value is -1.96. The second-order valence-corrected chi connectivity index (χ2v) is 4.52. The van der Waals surface area contributed by atoms with Gasteiger partial charge in [0, 0.05) is 38.9 Å². The molecule has 21 heavy (non-hydrogen) atoms. The molecular weight excluding hydrogens is 438 g/mol. The summed E-state index contributed by atoms with van der Waals surface area (Å²) in [6, 6.07) is 22.1. The number of nitrogens with zero attached hydrogens (tertiary/aromatic N) is 1. The first kappa shape index (κ1) is 15.4. The maximum absolute atomic E-state index is 5.78. The monoisotopic (exact) mass is 454 g/mol. The van der Waals surface area contributed by atoms with E-state index in [9.17, 15) is 0 Å². The molecule has 2 nitrogen and oxygen atoms in total. The Morgan fingerprint density at radius 2 is 1.19 bits per heavy atom. The summed E-state index contributed by atoms with van der Waals surface area (Å²) in [4.78, 5) is 3.78. The van der Waals surface area contributed by atoms with Crippen molar-refractivity contribution < 1.29 is 24.8 Å². The fourth-order valence-corrected chi connectivity index (χ4v) is 2.14. The second-order valence-electron chi connectivity index (χ2n) is 4.52. The molecule has 0 saturated carbocycles. The largest absolute Gasteiger partial charge is 0.457 e. The van der Waals surface area contributed by atoms with Gasteiger partial charge in [-0.2, -0.15) is 0 Å². The summed E-state index contributed by atoms with van der Waals surface area (Å²) in [6.45, 7) is 0. The molecule has 0 unspecified atom stereocenters. The van der Waals surface area contributed by atoms with Crippen LogP contribution in [-0.2, 0) is 26.5 Å². The van der Waals surface area contributed by atoms with E-state index < -0.39 is 0 Å². The van der Waals surface area contributed by atoms with Gasteiger partial charge in [-0.1, -0.05) is 42.5 Å². The minimum atomic E-state index is 0.